The molecule has 0 aliphatic heterocycles. The number of hydrogen-bond acceptors (Lipinski definition) is 1. The number of halogens is 2. The van der Waals surface area contributed by atoms with Crippen LogP contribution in [0.5, 0.6) is 0 Å². The molecule has 20 heavy (non-hydrogen) atoms. The largest absolute Gasteiger partial charge is 0.307 e. The fraction of sp³-hybridized carbons (Fsp3) is 0.294. The van der Waals surface area contributed by atoms with Gasteiger partial charge < -0.3 is 5.32 Å². The van der Waals surface area contributed by atoms with Gasteiger partial charge in [-0.2, -0.15) is 0 Å². The third-order valence-corrected chi connectivity index (χ3v) is 4.15. The Morgan fingerprint density at radius 3 is 2.10 bits per heavy atom. The predicted molar refractivity (Wildman–Crippen MR) is 87.8 cm³/mol. The Kier molecular flexibility index (Phi) is 5.47. The quantitative estimate of drug-likeness (QED) is 0.795. The van der Waals surface area contributed by atoms with Crippen molar-refractivity contribution in [2.75, 3.05) is 6.54 Å². The molecule has 0 aliphatic carbocycles. The Bertz CT molecular complexity index is 564. The van der Waals surface area contributed by atoms with Gasteiger partial charge in [-0.3, -0.25) is 0 Å². The zero-order chi connectivity index (χ0) is 14.5. The minimum atomic E-state index is 0.140. The summed E-state index contributed by atoms with van der Waals surface area (Å²) in [6.45, 7) is 5.15. The van der Waals surface area contributed by atoms with Crippen molar-refractivity contribution in [2.45, 2.75) is 26.3 Å². The van der Waals surface area contributed by atoms with E-state index in [4.69, 9.17) is 23.2 Å². The van der Waals surface area contributed by atoms with Crippen LogP contribution in [0.1, 0.15) is 36.6 Å². The number of aryl methyl sites for hydroxylation is 1. The lowest BCUT2D eigenvalue weighted by molar-refractivity contribution is 0.630. The molecule has 0 saturated heterocycles. The lowest BCUT2D eigenvalue weighted by atomic mass is 9.97. The van der Waals surface area contributed by atoms with Gasteiger partial charge in [-0.1, -0.05) is 67.4 Å². The average molecular weight is 308 g/mol. The topological polar surface area (TPSA) is 12.0 Å². The van der Waals surface area contributed by atoms with E-state index in [1.807, 2.05) is 18.2 Å². The molecule has 3 heteroatoms. The van der Waals surface area contributed by atoms with Crippen LogP contribution in [-0.4, -0.2) is 6.54 Å². The first-order valence-corrected chi connectivity index (χ1v) is 7.68. The summed E-state index contributed by atoms with van der Waals surface area (Å²) in [4.78, 5) is 0. The molecule has 1 unspecified atom stereocenters. The summed E-state index contributed by atoms with van der Waals surface area (Å²) < 4.78 is 0. The van der Waals surface area contributed by atoms with E-state index >= 15 is 0 Å². The molecule has 0 radical (unpaired) electrons. The second-order valence-electron chi connectivity index (χ2n) is 4.76. The summed E-state index contributed by atoms with van der Waals surface area (Å²) in [5.74, 6) is 0. The van der Waals surface area contributed by atoms with Crippen molar-refractivity contribution >= 4 is 23.2 Å². The molecule has 0 bridgehead atoms. The van der Waals surface area contributed by atoms with Crippen LogP contribution in [0.15, 0.2) is 42.5 Å². The van der Waals surface area contributed by atoms with Crippen LogP contribution in [0.3, 0.4) is 0 Å². The fourth-order valence-electron chi connectivity index (χ4n) is 2.27. The molecule has 0 spiro atoms. The number of benzene rings is 2. The van der Waals surface area contributed by atoms with Crippen LogP contribution in [0.25, 0.3) is 0 Å². The Morgan fingerprint density at radius 2 is 1.55 bits per heavy atom. The lowest BCUT2D eigenvalue weighted by Gasteiger charge is -2.20. The highest BCUT2D eigenvalue weighted by Crippen LogP contribution is 2.29. The summed E-state index contributed by atoms with van der Waals surface area (Å²) in [6.07, 6.45) is 1.05. The Morgan fingerprint density at radius 1 is 0.900 bits per heavy atom. The maximum Gasteiger partial charge on any atom is 0.0595 e. The molecule has 106 valence electrons. The maximum atomic E-state index is 6.13. The molecule has 0 amide bonds. The average Bonchev–Trinajstić information content (AvgIpc) is 2.48. The highest BCUT2D eigenvalue weighted by Gasteiger charge is 2.14. The van der Waals surface area contributed by atoms with Crippen LogP contribution in [0, 0.1) is 0 Å². The standard InChI is InChI=1S/C17H19Cl2N/c1-3-12-5-7-13(8-6-12)17(20-4-2)14-9-10-15(18)16(19)11-14/h5-11,17,20H,3-4H2,1-2H3. The van der Waals surface area contributed by atoms with Crippen molar-refractivity contribution in [1.82, 2.24) is 5.32 Å². The van der Waals surface area contributed by atoms with Crippen molar-refractivity contribution in [3.05, 3.63) is 69.2 Å². The molecule has 2 aromatic carbocycles. The molecule has 0 fully saturated rings. The van der Waals surface area contributed by atoms with E-state index in [2.05, 4.69) is 43.4 Å². The molecule has 1 N–H and O–H groups in total. The van der Waals surface area contributed by atoms with Crippen molar-refractivity contribution in [3.8, 4) is 0 Å². The number of rotatable bonds is 5. The van der Waals surface area contributed by atoms with Crippen LogP contribution in [0.4, 0.5) is 0 Å². The lowest BCUT2D eigenvalue weighted by Crippen LogP contribution is -2.22. The SMILES string of the molecule is CCNC(c1ccc(CC)cc1)c1ccc(Cl)c(Cl)c1. The van der Waals surface area contributed by atoms with Gasteiger partial charge in [0.05, 0.1) is 16.1 Å². The van der Waals surface area contributed by atoms with E-state index in [9.17, 15) is 0 Å². The fourth-order valence-corrected chi connectivity index (χ4v) is 2.58. The van der Waals surface area contributed by atoms with Gasteiger partial charge in [0, 0.05) is 0 Å². The van der Waals surface area contributed by atoms with Gasteiger partial charge in [0.2, 0.25) is 0 Å². The molecule has 0 saturated carbocycles. The van der Waals surface area contributed by atoms with Gasteiger partial charge >= 0.3 is 0 Å². The molecular formula is C17H19Cl2N. The minimum Gasteiger partial charge on any atom is -0.307 e. The Balaban J connectivity index is 2.35. The summed E-state index contributed by atoms with van der Waals surface area (Å²) in [6, 6.07) is 14.7. The first-order valence-electron chi connectivity index (χ1n) is 6.92. The van der Waals surface area contributed by atoms with E-state index in [0.717, 1.165) is 18.5 Å². The smallest absolute Gasteiger partial charge is 0.0595 e. The van der Waals surface area contributed by atoms with Crippen LogP contribution in [-0.2, 0) is 6.42 Å². The zero-order valence-corrected chi connectivity index (χ0v) is 13.3. The van der Waals surface area contributed by atoms with Gasteiger partial charge in [0.1, 0.15) is 0 Å². The first kappa shape index (κ1) is 15.4. The number of nitrogens with one attached hydrogen (secondary N) is 1. The van der Waals surface area contributed by atoms with E-state index < -0.39 is 0 Å². The van der Waals surface area contributed by atoms with Crippen molar-refractivity contribution in [3.63, 3.8) is 0 Å². The third kappa shape index (κ3) is 3.54. The summed E-state index contributed by atoms with van der Waals surface area (Å²) in [5.41, 5.74) is 3.71. The number of hydrogen-bond donors (Lipinski definition) is 1. The monoisotopic (exact) mass is 307 g/mol. The molecule has 0 aliphatic rings. The Hall–Kier alpha value is -1.02. The van der Waals surface area contributed by atoms with Crippen molar-refractivity contribution in [2.24, 2.45) is 0 Å². The first-order chi connectivity index (χ1) is 9.65. The molecule has 2 aromatic rings. The zero-order valence-electron chi connectivity index (χ0n) is 11.8. The normalized spacial score (nSPS) is 12.4. The molecule has 1 atom stereocenters. The predicted octanol–water partition coefficient (Wildman–Crippen LogP) is 5.25. The molecular weight excluding hydrogens is 289 g/mol. The third-order valence-electron chi connectivity index (χ3n) is 3.41. The van der Waals surface area contributed by atoms with Crippen LogP contribution in [0.2, 0.25) is 10.0 Å². The second kappa shape index (κ2) is 7.12. The highest BCUT2D eigenvalue weighted by atomic mass is 35.5. The maximum absolute atomic E-state index is 6.13. The summed E-state index contributed by atoms with van der Waals surface area (Å²) in [5, 5.41) is 4.68. The van der Waals surface area contributed by atoms with Crippen molar-refractivity contribution in [1.29, 1.82) is 0 Å². The minimum absolute atomic E-state index is 0.140. The van der Waals surface area contributed by atoms with Gasteiger partial charge in [-0.25, -0.2) is 0 Å². The van der Waals surface area contributed by atoms with E-state index in [-0.39, 0.29) is 6.04 Å². The van der Waals surface area contributed by atoms with Gasteiger partial charge in [0.25, 0.3) is 0 Å². The highest BCUT2D eigenvalue weighted by molar-refractivity contribution is 6.42. The molecule has 2 rings (SSSR count). The van der Waals surface area contributed by atoms with Gasteiger partial charge in [0.15, 0.2) is 0 Å². The van der Waals surface area contributed by atoms with Gasteiger partial charge in [-0.15, -0.1) is 0 Å². The van der Waals surface area contributed by atoms with E-state index in [1.54, 1.807) is 0 Å². The molecule has 0 heterocycles. The molecule has 0 aromatic heterocycles. The van der Waals surface area contributed by atoms with Gasteiger partial charge in [-0.05, 0) is 41.8 Å². The second-order valence-corrected chi connectivity index (χ2v) is 5.57. The van der Waals surface area contributed by atoms with Crippen molar-refractivity contribution < 1.29 is 0 Å². The summed E-state index contributed by atoms with van der Waals surface area (Å²) >= 11 is 12.1. The van der Waals surface area contributed by atoms with E-state index in [1.165, 1.54) is 11.1 Å². The molecule has 1 nitrogen and oxygen atoms in total. The summed E-state index contributed by atoms with van der Waals surface area (Å²) in [7, 11) is 0. The van der Waals surface area contributed by atoms with Crippen LogP contribution < -0.4 is 5.32 Å². The van der Waals surface area contributed by atoms with E-state index in [0.29, 0.717) is 10.0 Å². The van der Waals surface area contributed by atoms with Crippen LogP contribution >= 0.6 is 23.2 Å². The Labute approximate surface area is 130 Å².